The van der Waals surface area contributed by atoms with Crippen molar-refractivity contribution in [3.05, 3.63) is 76.4 Å². The van der Waals surface area contributed by atoms with E-state index in [1.165, 1.54) is 10.8 Å². The van der Waals surface area contributed by atoms with Gasteiger partial charge in [0.2, 0.25) is 5.91 Å². The molecule has 4 aromatic rings. The highest BCUT2D eigenvalue weighted by Gasteiger charge is 2.21. The molecule has 180 valence electrons. The Morgan fingerprint density at radius 1 is 1.14 bits per heavy atom. The fourth-order valence-electron chi connectivity index (χ4n) is 4.41. The van der Waals surface area contributed by atoms with E-state index in [0.29, 0.717) is 34.7 Å². The van der Waals surface area contributed by atoms with Gasteiger partial charge in [-0.25, -0.2) is 0 Å². The van der Waals surface area contributed by atoms with Crippen LogP contribution in [0.3, 0.4) is 0 Å². The molecule has 2 N–H and O–H groups in total. The molecule has 0 atom stereocenters. The van der Waals surface area contributed by atoms with Crippen LogP contribution in [0, 0.1) is 6.92 Å². The van der Waals surface area contributed by atoms with Crippen LogP contribution in [0.5, 0.6) is 5.75 Å². The maximum atomic E-state index is 13.7. The number of benzene rings is 2. The van der Waals surface area contributed by atoms with Gasteiger partial charge in [0.1, 0.15) is 24.3 Å². The number of ether oxygens (including phenoxy) is 2. The van der Waals surface area contributed by atoms with Crippen molar-refractivity contribution < 1.29 is 18.8 Å². The molecule has 3 heterocycles. The second-order valence-electron chi connectivity index (χ2n) is 8.44. The molecule has 1 aliphatic rings. The quantitative estimate of drug-likeness (QED) is 0.438. The number of amides is 1. The van der Waals surface area contributed by atoms with E-state index in [0.717, 1.165) is 43.8 Å². The van der Waals surface area contributed by atoms with Crippen molar-refractivity contribution in [1.82, 2.24) is 14.6 Å². The van der Waals surface area contributed by atoms with Gasteiger partial charge in [0.25, 0.3) is 5.56 Å². The third kappa shape index (κ3) is 4.55. The van der Waals surface area contributed by atoms with Crippen LogP contribution < -0.4 is 16.0 Å². The molecule has 2 aromatic heterocycles. The monoisotopic (exact) mass is 474 g/mol. The number of aryl methyl sites for hydroxylation is 1. The summed E-state index contributed by atoms with van der Waals surface area (Å²) in [6.07, 6.45) is 3.11. The van der Waals surface area contributed by atoms with Gasteiger partial charge in [-0.1, -0.05) is 17.3 Å². The predicted molar refractivity (Wildman–Crippen MR) is 131 cm³/mol. The molecule has 1 aliphatic heterocycles. The zero-order valence-corrected chi connectivity index (χ0v) is 19.4. The number of hydrogen-bond acceptors (Lipinski definition) is 7. The highest BCUT2D eigenvalue weighted by Crippen LogP contribution is 2.32. The normalized spacial score (nSPS) is 14.3. The molecule has 1 amide bonds. The molecule has 2 aromatic carbocycles. The first-order valence-electron chi connectivity index (χ1n) is 11.5. The first-order valence-corrected chi connectivity index (χ1v) is 11.5. The van der Waals surface area contributed by atoms with E-state index in [1.54, 1.807) is 30.5 Å². The first-order chi connectivity index (χ1) is 17.0. The fourth-order valence-corrected chi connectivity index (χ4v) is 4.41. The maximum absolute atomic E-state index is 13.7. The maximum Gasteiger partial charge on any atom is 0.263 e. The smallest absolute Gasteiger partial charge is 0.263 e. The molecule has 0 saturated carbocycles. The van der Waals surface area contributed by atoms with E-state index >= 15 is 0 Å². The van der Waals surface area contributed by atoms with Gasteiger partial charge in [-0.2, -0.15) is 0 Å². The Morgan fingerprint density at radius 2 is 1.97 bits per heavy atom. The number of carbonyl (C=O) groups is 1. The minimum absolute atomic E-state index is 0.240. The van der Waals surface area contributed by atoms with Gasteiger partial charge in [-0.05, 0) is 42.1 Å². The van der Waals surface area contributed by atoms with Crippen molar-refractivity contribution in [1.29, 1.82) is 0 Å². The summed E-state index contributed by atoms with van der Waals surface area (Å²) in [5.74, 6) is 0.00832. The highest BCUT2D eigenvalue weighted by molar-refractivity contribution is 6.02. The Bertz CT molecular complexity index is 1420. The number of fused-ring (bicyclic) bond motifs is 1. The number of rotatable bonds is 7. The second-order valence-corrected chi connectivity index (χ2v) is 8.44. The van der Waals surface area contributed by atoms with Gasteiger partial charge in [-0.3, -0.25) is 19.1 Å². The summed E-state index contributed by atoms with van der Waals surface area (Å²) in [5.41, 5.74) is 7.85. The standard InChI is InChI=1S/C26H26N4O5/c1-17-2-5-20(25(27)31)23(22-7-12-35-28-22)24(17)30-8-6-18-3-4-19(16-21(18)26(30)32)34-15-11-29-9-13-33-14-10-29/h2-8,12,16H,9-11,13-15H2,1H3,(H2,27,31). The van der Waals surface area contributed by atoms with Crippen LogP contribution in [0.25, 0.3) is 27.7 Å². The average Bonchev–Trinajstić information content (AvgIpc) is 3.40. The number of carbonyl (C=O) groups excluding carboxylic acids is 1. The molecule has 5 rings (SSSR count). The molecule has 35 heavy (non-hydrogen) atoms. The SMILES string of the molecule is Cc1ccc(C(N)=O)c(-c2ccon2)c1-n1ccc2ccc(OCCN3CCOCC3)cc2c1=O. The summed E-state index contributed by atoms with van der Waals surface area (Å²) >= 11 is 0. The topological polar surface area (TPSA) is 113 Å². The average molecular weight is 475 g/mol. The lowest BCUT2D eigenvalue weighted by Crippen LogP contribution is -2.38. The van der Waals surface area contributed by atoms with Crippen molar-refractivity contribution in [3.8, 4) is 22.7 Å². The number of primary amides is 1. The van der Waals surface area contributed by atoms with E-state index in [1.807, 2.05) is 25.1 Å². The summed E-state index contributed by atoms with van der Waals surface area (Å²) in [5, 5.41) is 5.30. The number of hydrogen-bond donors (Lipinski definition) is 1. The molecule has 9 heteroatoms. The number of nitrogens with zero attached hydrogens (tertiary/aromatic N) is 3. The van der Waals surface area contributed by atoms with E-state index in [4.69, 9.17) is 19.7 Å². The molecular formula is C26H26N4O5. The van der Waals surface area contributed by atoms with Crippen molar-refractivity contribution >= 4 is 16.7 Å². The zero-order chi connectivity index (χ0) is 24.4. The Hall–Kier alpha value is -3.95. The molecule has 0 aliphatic carbocycles. The van der Waals surface area contributed by atoms with E-state index < -0.39 is 5.91 Å². The summed E-state index contributed by atoms with van der Waals surface area (Å²) in [4.78, 5) is 28.2. The lowest BCUT2D eigenvalue weighted by Gasteiger charge is -2.26. The van der Waals surface area contributed by atoms with Crippen LogP contribution in [0.4, 0.5) is 0 Å². The number of aromatic nitrogens is 2. The summed E-state index contributed by atoms with van der Waals surface area (Å²) in [6.45, 7) is 6.44. The Balaban J connectivity index is 1.54. The van der Waals surface area contributed by atoms with Gasteiger partial charge < -0.3 is 19.7 Å². The highest BCUT2D eigenvalue weighted by atomic mass is 16.5. The first kappa shape index (κ1) is 22.8. The van der Waals surface area contributed by atoms with Crippen molar-refractivity contribution in [2.45, 2.75) is 6.92 Å². The van der Waals surface area contributed by atoms with Gasteiger partial charge >= 0.3 is 0 Å². The zero-order valence-electron chi connectivity index (χ0n) is 19.4. The van der Waals surface area contributed by atoms with Crippen molar-refractivity contribution in [3.63, 3.8) is 0 Å². The summed E-state index contributed by atoms with van der Waals surface area (Å²) in [6, 6.07) is 12.4. The van der Waals surface area contributed by atoms with Crippen LogP contribution in [0.1, 0.15) is 15.9 Å². The van der Waals surface area contributed by atoms with Crippen LogP contribution >= 0.6 is 0 Å². The molecule has 0 bridgehead atoms. The third-order valence-corrected chi connectivity index (χ3v) is 6.24. The second kappa shape index (κ2) is 9.73. The number of morpholine rings is 1. The van der Waals surface area contributed by atoms with Crippen LogP contribution in [-0.4, -0.2) is 60.0 Å². The van der Waals surface area contributed by atoms with Crippen molar-refractivity contribution in [2.75, 3.05) is 39.5 Å². The van der Waals surface area contributed by atoms with Crippen LogP contribution in [-0.2, 0) is 4.74 Å². The van der Waals surface area contributed by atoms with E-state index in [2.05, 4.69) is 10.1 Å². The van der Waals surface area contributed by atoms with E-state index in [-0.39, 0.29) is 11.1 Å². The predicted octanol–water partition coefficient (Wildman–Crippen LogP) is 2.76. The van der Waals surface area contributed by atoms with E-state index in [9.17, 15) is 9.59 Å². The molecule has 0 spiro atoms. The summed E-state index contributed by atoms with van der Waals surface area (Å²) in [7, 11) is 0. The largest absolute Gasteiger partial charge is 0.492 e. The molecular weight excluding hydrogens is 448 g/mol. The molecule has 0 unspecified atom stereocenters. The molecule has 9 nitrogen and oxygen atoms in total. The molecule has 1 saturated heterocycles. The molecule has 0 radical (unpaired) electrons. The fraction of sp³-hybridized carbons (Fsp3) is 0.269. The minimum atomic E-state index is -0.617. The van der Waals surface area contributed by atoms with Crippen molar-refractivity contribution in [2.24, 2.45) is 5.73 Å². The summed E-state index contributed by atoms with van der Waals surface area (Å²) < 4.78 is 17.9. The Labute approximate surface area is 201 Å². The van der Waals surface area contributed by atoms with Crippen LogP contribution in [0.15, 0.2) is 64.2 Å². The minimum Gasteiger partial charge on any atom is -0.492 e. The Morgan fingerprint density at radius 3 is 2.71 bits per heavy atom. The number of nitrogens with two attached hydrogens (primary N) is 1. The Kier molecular flexibility index (Phi) is 6.35. The van der Waals surface area contributed by atoms with Gasteiger partial charge in [0.15, 0.2) is 0 Å². The molecule has 1 fully saturated rings. The van der Waals surface area contributed by atoms with Gasteiger partial charge in [0.05, 0.1) is 29.9 Å². The lowest BCUT2D eigenvalue weighted by atomic mass is 9.97. The van der Waals surface area contributed by atoms with Gasteiger partial charge in [-0.15, -0.1) is 0 Å². The number of pyridine rings is 1. The van der Waals surface area contributed by atoms with Crippen LogP contribution in [0.2, 0.25) is 0 Å². The third-order valence-electron chi connectivity index (χ3n) is 6.24. The lowest BCUT2D eigenvalue weighted by molar-refractivity contribution is 0.0322. The van der Waals surface area contributed by atoms with Gasteiger partial charge in [0, 0.05) is 37.5 Å².